The van der Waals surface area contributed by atoms with Gasteiger partial charge in [-0.25, -0.2) is 4.79 Å². The lowest BCUT2D eigenvalue weighted by atomic mass is 9.83. The van der Waals surface area contributed by atoms with Gasteiger partial charge in [-0.3, -0.25) is 9.36 Å². The average molecular weight is 497 g/mol. The van der Waals surface area contributed by atoms with Crippen molar-refractivity contribution in [1.82, 2.24) is 19.7 Å². The summed E-state index contributed by atoms with van der Waals surface area (Å²) in [5.41, 5.74) is 4.27. The van der Waals surface area contributed by atoms with E-state index in [1.165, 1.54) is 11.1 Å². The summed E-state index contributed by atoms with van der Waals surface area (Å²) in [6.45, 7) is 1.92. The number of carboxylic acid groups (broad SMARTS) is 1. The van der Waals surface area contributed by atoms with Gasteiger partial charge in [-0.15, -0.1) is 17.5 Å². The minimum absolute atomic E-state index is 0. The highest BCUT2D eigenvalue weighted by molar-refractivity contribution is 5.85. The van der Waals surface area contributed by atoms with Crippen LogP contribution < -0.4 is 11.0 Å². The van der Waals surface area contributed by atoms with Crippen LogP contribution in [0.2, 0.25) is 0 Å². The molecular weight excluding hydrogens is 464 g/mol. The van der Waals surface area contributed by atoms with Crippen LogP contribution in [0.1, 0.15) is 55.7 Å². The van der Waals surface area contributed by atoms with Gasteiger partial charge in [-0.05, 0) is 87.2 Å². The number of halogens is 1. The fourth-order valence-electron chi connectivity index (χ4n) is 5.47. The highest BCUT2D eigenvalue weighted by Gasteiger charge is 2.28. The zero-order valence-corrected chi connectivity index (χ0v) is 20.7. The molecule has 1 saturated carbocycles. The van der Waals surface area contributed by atoms with Crippen LogP contribution >= 0.6 is 12.4 Å². The van der Waals surface area contributed by atoms with Crippen molar-refractivity contribution >= 4 is 18.4 Å². The normalized spacial score (nSPS) is 19.9. The zero-order chi connectivity index (χ0) is 23.5. The lowest BCUT2D eigenvalue weighted by molar-refractivity contribution is -0.137. The van der Waals surface area contributed by atoms with Gasteiger partial charge in [-0.2, -0.15) is 4.68 Å². The van der Waals surface area contributed by atoms with Crippen LogP contribution in [0.5, 0.6) is 0 Å². The number of hydrogen-bond acceptors (Lipinski definition) is 4. The van der Waals surface area contributed by atoms with Crippen molar-refractivity contribution in [1.29, 1.82) is 0 Å². The number of carbonyl (C=O) groups is 1. The third-order valence-corrected chi connectivity index (χ3v) is 7.37. The van der Waals surface area contributed by atoms with Crippen molar-refractivity contribution in [3.8, 4) is 17.1 Å². The van der Waals surface area contributed by atoms with Gasteiger partial charge in [0, 0.05) is 18.0 Å². The summed E-state index contributed by atoms with van der Waals surface area (Å²) in [6, 6.07) is 16.3. The first-order chi connectivity index (χ1) is 16.6. The molecule has 7 nitrogen and oxygen atoms in total. The van der Waals surface area contributed by atoms with Crippen LogP contribution in [0.25, 0.3) is 17.1 Å². The standard InChI is InChI=1S/C27H32N4O3.ClH/c32-25(33)13-8-19-6-10-23(11-7-19)30-26(21-4-2-1-3-5-21)29-31(27(30)34)24-12-9-20-14-16-28-17-15-22(20)18-24;/h1-5,9,12,18-19,23,28H,6-8,10-11,13-17H2,(H,32,33);1H/t19-,23-;. The number of carboxylic acids is 1. The van der Waals surface area contributed by atoms with Gasteiger partial charge in [0.1, 0.15) is 0 Å². The van der Waals surface area contributed by atoms with E-state index in [9.17, 15) is 9.59 Å². The first-order valence-corrected chi connectivity index (χ1v) is 12.4. The summed E-state index contributed by atoms with van der Waals surface area (Å²) in [5, 5.41) is 17.3. The summed E-state index contributed by atoms with van der Waals surface area (Å²) in [7, 11) is 0. The smallest absolute Gasteiger partial charge is 0.351 e. The molecule has 2 aromatic carbocycles. The SMILES string of the molecule is Cl.O=C(O)CC[C@H]1CC[C@H](n2c(-c3ccccc3)nn(-c3ccc4c(c3)CCNCC4)c2=O)CC1. The maximum atomic E-state index is 13.8. The van der Waals surface area contributed by atoms with E-state index in [0.717, 1.165) is 62.9 Å². The summed E-state index contributed by atoms with van der Waals surface area (Å²) in [4.78, 5) is 24.7. The van der Waals surface area contributed by atoms with Crippen molar-refractivity contribution in [2.45, 2.75) is 57.4 Å². The number of fused-ring (bicyclic) bond motifs is 1. The number of nitrogens with one attached hydrogen (secondary N) is 1. The van der Waals surface area contributed by atoms with Crippen LogP contribution in [0, 0.1) is 5.92 Å². The second-order valence-electron chi connectivity index (χ2n) is 9.56. The topological polar surface area (TPSA) is 89.2 Å². The van der Waals surface area contributed by atoms with Gasteiger partial charge < -0.3 is 10.4 Å². The van der Waals surface area contributed by atoms with E-state index in [-0.39, 0.29) is 30.6 Å². The predicted molar refractivity (Wildman–Crippen MR) is 139 cm³/mol. The highest BCUT2D eigenvalue weighted by atomic mass is 35.5. The van der Waals surface area contributed by atoms with E-state index in [1.54, 1.807) is 4.68 Å². The Morgan fingerprint density at radius 3 is 2.43 bits per heavy atom. The predicted octanol–water partition coefficient (Wildman–Crippen LogP) is 4.41. The fraction of sp³-hybridized carbons (Fsp3) is 0.444. The molecule has 1 aliphatic heterocycles. The van der Waals surface area contributed by atoms with E-state index >= 15 is 0 Å². The van der Waals surface area contributed by atoms with Gasteiger partial charge in [0.15, 0.2) is 5.82 Å². The maximum absolute atomic E-state index is 13.8. The Kier molecular flexibility index (Phi) is 8.08. The van der Waals surface area contributed by atoms with Gasteiger partial charge in [-0.1, -0.05) is 36.4 Å². The lowest BCUT2D eigenvalue weighted by Gasteiger charge is -2.29. The number of rotatable bonds is 6. The molecular formula is C27H33ClN4O3. The fourth-order valence-corrected chi connectivity index (χ4v) is 5.47. The molecule has 0 saturated heterocycles. The molecule has 0 amide bonds. The Morgan fingerprint density at radius 1 is 1.00 bits per heavy atom. The molecule has 2 N–H and O–H groups in total. The summed E-state index contributed by atoms with van der Waals surface area (Å²) < 4.78 is 3.45. The monoisotopic (exact) mass is 496 g/mol. The molecule has 1 aliphatic carbocycles. The van der Waals surface area contributed by atoms with Crippen molar-refractivity contribution in [3.05, 3.63) is 70.1 Å². The summed E-state index contributed by atoms with van der Waals surface area (Å²) in [6.07, 6.45) is 6.49. The first-order valence-electron chi connectivity index (χ1n) is 12.4. The molecule has 35 heavy (non-hydrogen) atoms. The highest BCUT2D eigenvalue weighted by Crippen LogP contribution is 2.36. The summed E-state index contributed by atoms with van der Waals surface area (Å²) in [5.74, 6) is 0.384. The molecule has 3 aromatic rings. The van der Waals surface area contributed by atoms with Gasteiger partial charge in [0.2, 0.25) is 0 Å². The van der Waals surface area contributed by atoms with Gasteiger partial charge in [0.05, 0.1) is 5.69 Å². The Morgan fingerprint density at radius 2 is 1.71 bits per heavy atom. The minimum atomic E-state index is -0.734. The third-order valence-electron chi connectivity index (χ3n) is 7.37. The Bertz CT molecular complexity index is 1210. The average Bonchev–Trinajstić information content (AvgIpc) is 3.03. The molecule has 0 bridgehead atoms. The van der Waals surface area contributed by atoms with Crippen LogP contribution in [-0.4, -0.2) is 38.5 Å². The molecule has 1 aromatic heterocycles. The number of benzene rings is 2. The quantitative estimate of drug-likeness (QED) is 0.527. The van der Waals surface area contributed by atoms with Crippen molar-refractivity contribution < 1.29 is 9.90 Å². The number of nitrogens with zero attached hydrogens (tertiary/aromatic N) is 3. The van der Waals surface area contributed by atoms with E-state index < -0.39 is 5.97 Å². The number of aromatic nitrogens is 3. The van der Waals surface area contributed by atoms with Crippen LogP contribution in [0.3, 0.4) is 0 Å². The number of aliphatic carboxylic acids is 1. The Labute approximate surface area is 211 Å². The van der Waals surface area contributed by atoms with Gasteiger partial charge in [0.25, 0.3) is 0 Å². The van der Waals surface area contributed by atoms with E-state index in [1.807, 2.05) is 41.0 Å². The molecule has 2 heterocycles. The van der Waals surface area contributed by atoms with Crippen molar-refractivity contribution in [2.75, 3.05) is 13.1 Å². The lowest BCUT2D eigenvalue weighted by Crippen LogP contribution is -2.30. The third kappa shape index (κ3) is 5.52. The number of hydrogen-bond donors (Lipinski definition) is 2. The summed E-state index contributed by atoms with van der Waals surface area (Å²) >= 11 is 0. The first kappa shape index (κ1) is 25.2. The van der Waals surface area contributed by atoms with Crippen LogP contribution in [0.4, 0.5) is 0 Å². The van der Waals surface area contributed by atoms with E-state index in [0.29, 0.717) is 18.2 Å². The molecule has 1 fully saturated rings. The van der Waals surface area contributed by atoms with Crippen molar-refractivity contribution in [3.63, 3.8) is 0 Å². The molecule has 0 unspecified atom stereocenters. The molecule has 0 spiro atoms. The molecule has 8 heteroatoms. The van der Waals surface area contributed by atoms with E-state index in [4.69, 9.17) is 10.2 Å². The molecule has 186 valence electrons. The molecule has 0 radical (unpaired) electrons. The van der Waals surface area contributed by atoms with Gasteiger partial charge >= 0.3 is 11.7 Å². The van der Waals surface area contributed by atoms with Crippen LogP contribution in [0.15, 0.2) is 53.3 Å². The minimum Gasteiger partial charge on any atom is -0.481 e. The van der Waals surface area contributed by atoms with Crippen LogP contribution in [-0.2, 0) is 17.6 Å². The zero-order valence-electron chi connectivity index (χ0n) is 19.9. The largest absolute Gasteiger partial charge is 0.481 e. The maximum Gasteiger partial charge on any atom is 0.351 e. The molecule has 0 atom stereocenters. The molecule has 5 rings (SSSR count). The Balaban J connectivity index is 0.00000289. The molecule has 2 aliphatic rings. The Hall–Kier alpha value is -2.90. The van der Waals surface area contributed by atoms with E-state index in [2.05, 4.69) is 17.4 Å². The second-order valence-corrected chi connectivity index (χ2v) is 9.56. The second kappa shape index (κ2) is 11.2. The van der Waals surface area contributed by atoms with Crippen molar-refractivity contribution in [2.24, 2.45) is 5.92 Å².